The number of aromatic nitrogens is 2. The number of hydrogen-bond acceptors (Lipinski definition) is 8. The first kappa shape index (κ1) is 26.9. The van der Waals surface area contributed by atoms with Crippen LogP contribution in [-0.2, 0) is 6.18 Å². The van der Waals surface area contributed by atoms with Gasteiger partial charge >= 0.3 is 6.18 Å². The number of rotatable bonds is 8. The molecule has 2 fully saturated rings. The van der Waals surface area contributed by atoms with Crippen molar-refractivity contribution in [3.8, 4) is 11.6 Å². The van der Waals surface area contributed by atoms with Crippen LogP contribution in [0.2, 0.25) is 0 Å². The van der Waals surface area contributed by atoms with Crippen molar-refractivity contribution in [3.05, 3.63) is 35.5 Å². The van der Waals surface area contributed by atoms with Gasteiger partial charge in [0, 0.05) is 23.8 Å². The molecule has 0 aliphatic carbocycles. The third-order valence-corrected chi connectivity index (χ3v) is 6.91. The smallest absolute Gasteiger partial charge is 0.423 e. The number of hydrogen-bond donors (Lipinski definition) is 2. The van der Waals surface area contributed by atoms with Crippen LogP contribution >= 0.6 is 0 Å². The predicted molar refractivity (Wildman–Crippen MR) is 132 cm³/mol. The van der Waals surface area contributed by atoms with Gasteiger partial charge in [-0.15, -0.1) is 0 Å². The van der Waals surface area contributed by atoms with Gasteiger partial charge in [0.15, 0.2) is 0 Å². The quantitative estimate of drug-likeness (QED) is 0.544. The summed E-state index contributed by atoms with van der Waals surface area (Å²) in [4.78, 5) is 24.9. The van der Waals surface area contributed by atoms with Gasteiger partial charge in [0.1, 0.15) is 17.9 Å². The van der Waals surface area contributed by atoms with Gasteiger partial charge in [-0.2, -0.15) is 18.2 Å². The molecule has 0 saturated carbocycles. The molecule has 2 aliphatic heterocycles. The van der Waals surface area contributed by atoms with E-state index in [1.807, 2.05) is 7.05 Å². The third kappa shape index (κ3) is 6.80. The SMILES string of the molecule is COc1cc(C(=O)NC2CCN(C)CC2)ccc1Nc1ncc(C(F)(F)F)c(OC[C@@H]2CCCN2C)n1. The molecule has 1 amide bonds. The number of nitrogens with zero attached hydrogens (tertiary/aromatic N) is 4. The first-order valence-corrected chi connectivity index (χ1v) is 12.4. The molecule has 0 radical (unpaired) electrons. The normalized spacial score (nSPS) is 19.6. The minimum atomic E-state index is -4.66. The molecule has 3 heterocycles. The highest BCUT2D eigenvalue weighted by Crippen LogP contribution is 2.36. The van der Waals surface area contributed by atoms with Crippen LogP contribution in [0.25, 0.3) is 0 Å². The van der Waals surface area contributed by atoms with E-state index in [-0.39, 0.29) is 30.5 Å². The molecular formula is C25H33F3N6O3. The Labute approximate surface area is 214 Å². The Kier molecular flexibility index (Phi) is 8.38. The molecule has 1 aromatic heterocycles. The molecule has 12 heteroatoms. The molecule has 0 bridgehead atoms. The summed E-state index contributed by atoms with van der Waals surface area (Å²) >= 11 is 0. The van der Waals surface area contributed by atoms with E-state index in [0.29, 0.717) is 23.2 Å². The number of likely N-dealkylation sites (tertiary alicyclic amines) is 2. The topological polar surface area (TPSA) is 91.9 Å². The highest BCUT2D eigenvalue weighted by molar-refractivity contribution is 5.95. The summed E-state index contributed by atoms with van der Waals surface area (Å²) in [6.07, 6.45) is -0.367. The maximum atomic E-state index is 13.6. The van der Waals surface area contributed by atoms with Crippen LogP contribution in [0, 0.1) is 0 Å². The van der Waals surface area contributed by atoms with E-state index in [4.69, 9.17) is 9.47 Å². The molecule has 202 valence electrons. The van der Waals surface area contributed by atoms with Gasteiger partial charge in [-0.3, -0.25) is 4.79 Å². The first-order valence-electron chi connectivity index (χ1n) is 12.4. The lowest BCUT2D eigenvalue weighted by Gasteiger charge is -2.29. The van der Waals surface area contributed by atoms with Crippen molar-refractivity contribution >= 4 is 17.5 Å². The second kappa shape index (κ2) is 11.5. The number of amides is 1. The van der Waals surface area contributed by atoms with E-state index in [1.165, 1.54) is 7.11 Å². The molecule has 2 saturated heterocycles. The molecule has 2 N–H and O–H groups in total. The molecular weight excluding hydrogens is 489 g/mol. The predicted octanol–water partition coefficient (Wildman–Crippen LogP) is 3.54. The van der Waals surface area contributed by atoms with Crippen LogP contribution in [0.1, 0.15) is 41.6 Å². The lowest BCUT2D eigenvalue weighted by atomic mass is 10.0. The highest BCUT2D eigenvalue weighted by Gasteiger charge is 2.37. The van der Waals surface area contributed by atoms with Gasteiger partial charge in [0.25, 0.3) is 5.91 Å². The van der Waals surface area contributed by atoms with E-state index in [2.05, 4.69) is 37.4 Å². The Balaban J connectivity index is 1.48. The van der Waals surface area contributed by atoms with Gasteiger partial charge in [-0.1, -0.05) is 0 Å². The first-order chi connectivity index (χ1) is 17.6. The zero-order valence-corrected chi connectivity index (χ0v) is 21.3. The lowest BCUT2D eigenvalue weighted by molar-refractivity contribution is -0.139. The van der Waals surface area contributed by atoms with Crippen molar-refractivity contribution in [2.45, 2.75) is 43.9 Å². The van der Waals surface area contributed by atoms with Crippen LogP contribution in [0.5, 0.6) is 11.6 Å². The molecule has 1 aromatic carbocycles. The maximum Gasteiger partial charge on any atom is 0.423 e. The Morgan fingerprint density at radius 2 is 1.92 bits per heavy atom. The number of carbonyl (C=O) groups is 1. The van der Waals surface area contributed by atoms with Crippen LogP contribution in [0.3, 0.4) is 0 Å². The lowest BCUT2D eigenvalue weighted by Crippen LogP contribution is -2.43. The van der Waals surface area contributed by atoms with Crippen LogP contribution < -0.4 is 20.1 Å². The minimum absolute atomic E-state index is 0.0285. The monoisotopic (exact) mass is 522 g/mol. The summed E-state index contributed by atoms with van der Waals surface area (Å²) in [6.45, 7) is 2.82. The maximum absolute atomic E-state index is 13.6. The number of carbonyl (C=O) groups excluding carboxylic acids is 1. The Bertz CT molecular complexity index is 1090. The second-order valence-corrected chi connectivity index (χ2v) is 9.59. The number of piperidine rings is 1. The van der Waals surface area contributed by atoms with E-state index in [9.17, 15) is 18.0 Å². The fraction of sp³-hybridized carbons (Fsp3) is 0.560. The number of nitrogens with one attached hydrogen (secondary N) is 2. The fourth-order valence-corrected chi connectivity index (χ4v) is 4.57. The number of anilines is 2. The molecule has 2 aromatic rings. The largest absolute Gasteiger partial charge is 0.495 e. The Morgan fingerprint density at radius 1 is 1.16 bits per heavy atom. The van der Waals surface area contributed by atoms with E-state index >= 15 is 0 Å². The summed E-state index contributed by atoms with van der Waals surface area (Å²) in [7, 11) is 5.42. The molecule has 0 spiro atoms. The van der Waals surface area contributed by atoms with Crippen LogP contribution in [-0.4, -0.2) is 85.2 Å². The van der Waals surface area contributed by atoms with Crippen LogP contribution in [0.15, 0.2) is 24.4 Å². The molecule has 1 atom stereocenters. The average molecular weight is 523 g/mol. The number of methoxy groups -OCH3 is 1. The van der Waals surface area contributed by atoms with E-state index < -0.39 is 17.6 Å². The Morgan fingerprint density at radius 3 is 2.57 bits per heavy atom. The van der Waals surface area contributed by atoms with Crippen molar-refractivity contribution in [1.82, 2.24) is 25.1 Å². The van der Waals surface area contributed by atoms with E-state index in [1.54, 1.807) is 18.2 Å². The summed E-state index contributed by atoms with van der Waals surface area (Å²) in [5.74, 6) is -0.490. The van der Waals surface area contributed by atoms with Crippen molar-refractivity contribution < 1.29 is 27.4 Å². The van der Waals surface area contributed by atoms with Gasteiger partial charge in [-0.25, -0.2) is 4.98 Å². The zero-order chi connectivity index (χ0) is 26.6. The van der Waals surface area contributed by atoms with Crippen molar-refractivity contribution in [2.24, 2.45) is 0 Å². The number of alkyl halides is 3. The van der Waals surface area contributed by atoms with Crippen molar-refractivity contribution in [1.29, 1.82) is 0 Å². The number of ether oxygens (including phenoxy) is 2. The van der Waals surface area contributed by atoms with Gasteiger partial charge in [0.2, 0.25) is 11.8 Å². The molecule has 37 heavy (non-hydrogen) atoms. The fourth-order valence-electron chi connectivity index (χ4n) is 4.57. The summed E-state index contributed by atoms with van der Waals surface area (Å²) in [5.41, 5.74) is -0.217. The van der Waals surface area contributed by atoms with E-state index in [0.717, 1.165) is 45.3 Å². The minimum Gasteiger partial charge on any atom is -0.495 e. The zero-order valence-electron chi connectivity index (χ0n) is 21.3. The number of benzene rings is 1. The van der Waals surface area contributed by atoms with Crippen LogP contribution in [0.4, 0.5) is 24.8 Å². The third-order valence-electron chi connectivity index (χ3n) is 6.91. The van der Waals surface area contributed by atoms with Crippen molar-refractivity contribution in [3.63, 3.8) is 0 Å². The standard InChI is InChI=1S/C25H33F3N6O3/c1-33-11-8-17(9-12-33)30-22(35)16-6-7-20(21(13-16)36-3)31-24-29-14-19(25(26,27)28)23(32-24)37-15-18-5-4-10-34(18)2/h6-7,13-14,17-18H,4-5,8-12,15H2,1-3H3,(H,30,35)(H,29,31,32)/t18-/m0/s1. The molecule has 2 aliphatic rings. The summed E-state index contributed by atoms with van der Waals surface area (Å²) < 4.78 is 51.6. The number of likely N-dealkylation sites (N-methyl/N-ethyl adjacent to an activating group) is 1. The molecule has 9 nitrogen and oxygen atoms in total. The highest BCUT2D eigenvalue weighted by atomic mass is 19.4. The number of halogens is 3. The molecule has 4 rings (SSSR count). The van der Waals surface area contributed by atoms with Gasteiger partial charge in [0.05, 0.1) is 12.8 Å². The average Bonchev–Trinajstić information content (AvgIpc) is 3.28. The summed E-state index contributed by atoms with van der Waals surface area (Å²) in [6, 6.07) is 4.94. The van der Waals surface area contributed by atoms with Crippen molar-refractivity contribution in [2.75, 3.05) is 52.8 Å². The van der Waals surface area contributed by atoms with Gasteiger partial charge in [-0.05, 0) is 77.6 Å². The molecule has 0 unspecified atom stereocenters. The Hall–Kier alpha value is -3.12. The summed E-state index contributed by atoms with van der Waals surface area (Å²) in [5, 5.41) is 5.94. The second-order valence-electron chi connectivity index (χ2n) is 9.59. The van der Waals surface area contributed by atoms with Gasteiger partial charge < -0.3 is 29.9 Å².